The molecule has 0 radical (unpaired) electrons. The molecule has 19 heavy (non-hydrogen) atoms. The van der Waals surface area contributed by atoms with Gasteiger partial charge in [0.05, 0.1) is 18.7 Å². The first-order valence-corrected chi connectivity index (χ1v) is 5.61. The number of aliphatic hydroxyl groups excluding tert-OH is 1. The third kappa shape index (κ3) is 4.09. The Balaban J connectivity index is 2.74. The summed E-state index contributed by atoms with van der Waals surface area (Å²) < 4.78 is 4.56. The van der Waals surface area contributed by atoms with Gasteiger partial charge in [0.25, 0.3) is 5.78 Å². The van der Waals surface area contributed by atoms with Crippen LogP contribution in [0.5, 0.6) is 0 Å². The molecule has 0 bridgehead atoms. The Morgan fingerprint density at radius 3 is 2.79 bits per heavy atom. The highest BCUT2D eigenvalue weighted by molar-refractivity contribution is 6.62. The topological polar surface area (TPSA) is 113 Å². The molecule has 0 aliphatic rings. The molecule has 1 N–H and O–H groups in total. The Bertz CT molecular complexity index is 509. The summed E-state index contributed by atoms with van der Waals surface area (Å²) in [6, 6.07) is 4.86. The van der Waals surface area contributed by atoms with Gasteiger partial charge in [0.15, 0.2) is 0 Å². The van der Waals surface area contributed by atoms with Crippen molar-refractivity contribution in [2.24, 2.45) is 0 Å². The number of hydrogen-bond acceptors (Lipinski definition) is 5. The van der Waals surface area contributed by atoms with Gasteiger partial charge >= 0.3 is 11.7 Å². The highest BCUT2D eigenvalue weighted by Gasteiger charge is 2.32. The predicted molar refractivity (Wildman–Crippen MR) is 64.1 cm³/mol. The number of nitrogens with zero attached hydrogens (tertiary/aromatic N) is 3. The van der Waals surface area contributed by atoms with Crippen LogP contribution in [0.3, 0.4) is 0 Å². The molecule has 0 saturated carbocycles. The van der Waals surface area contributed by atoms with Crippen molar-refractivity contribution in [1.29, 1.82) is 0 Å². The molecular formula is C12H13N3O4. The van der Waals surface area contributed by atoms with Gasteiger partial charge in [0, 0.05) is 6.20 Å². The standard InChI is InChI=1S/C12H13N3O4/c1-2-19-12(18)11(15-13)10(17)7-9(16)8-5-3-4-6-14-8/h3-6,9,16H,2,7H2,1H3. The average Bonchev–Trinajstić information content (AvgIpc) is 2.40. The molecule has 1 heterocycles. The second-order valence-electron chi connectivity index (χ2n) is 3.57. The fraction of sp³-hybridized carbons (Fsp3) is 0.333. The van der Waals surface area contributed by atoms with E-state index in [1.165, 1.54) is 12.3 Å². The summed E-state index contributed by atoms with van der Waals surface area (Å²) in [4.78, 5) is 29.5. The zero-order chi connectivity index (χ0) is 14.3. The zero-order valence-corrected chi connectivity index (χ0v) is 10.3. The van der Waals surface area contributed by atoms with Gasteiger partial charge < -0.3 is 15.4 Å². The van der Waals surface area contributed by atoms with E-state index in [1.807, 2.05) is 0 Å². The number of hydrogen-bond donors (Lipinski definition) is 1. The van der Waals surface area contributed by atoms with Crippen LogP contribution in [0.25, 0.3) is 5.53 Å². The molecule has 7 heteroatoms. The monoisotopic (exact) mass is 263 g/mol. The van der Waals surface area contributed by atoms with Crippen molar-refractivity contribution >= 4 is 17.5 Å². The lowest BCUT2D eigenvalue weighted by molar-refractivity contribution is -0.142. The number of pyridine rings is 1. The molecule has 0 fully saturated rings. The minimum absolute atomic E-state index is 0.0495. The van der Waals surface area contributed by atoms with Crippen molar-refractivity contribution in [3.8, 4) is 0 Å². The molecule has 100 valence electrons. The second kappa shape index (κ2) is 7.15. The number of ether oxygens (including phenoxy) is 1. The fourth-order valence-corrected chi connectivity index (χ4v) is 1.36. The van der Waals surface area contributed by atoms with Crippen LogP contribution in [0.4, 0.5) is 0 Å². The summed E-state index contributed by atoms with van der Waals surface area (Å²) in [6.45, 7) is 1.61. The maximum Gasteiger partial charge on any atom is 0.441 e. The molecule has 0 saturated heterocycles. The van der Waals surface area contributed by atoms with E-state index in [-0.39, 0.29) is 12.3 Å². The SMILES string of the molecule is CCOC(=O)C(=[N+]=[N-])C(=O)CC(O)c1ccccn1. The fourth-order valence-electron chi connectivity index (χ4n) is 1.36. The van der Waals surface area contributed by atoms with Gasteiger partial charge in [-0.2, -0.15) is 4.79 Å². The molecule has 1 unspecified atom stereocenters. The van der Waals surface area contributed by atoms with Crippen LogP contribution in [0.2, 0.25) is 0 Å². The highest BCUT2D eigenvalue weighted by Crippen LogP contribution is 2.13. The minimum atomic E-state index is -1.18. The predicted octanol–water partition coefficient (Wildman–Crippen LogP) is 0.308. The first kappa shape index (κ1) is 14.7. The molecule has 0 aliphatic heterocycles. The quantitative estimate of drug-likeness (QED) is 0.261. The molecule has 0 aliphatic carbocycles. The van der Waals surface area contributed by atoms with E-state index in [0.717, 1.165) is 0 Å². The van der Waals surface area contributed by atoms with Gasteiger partial charge in [-0.15, -0.1) is 0 Å². The normalized spacial score (nSPS) is 11.3. The van der Waals surface area contributed by atoms with Crippen molar-refractivity contribution in [3.63, 3.8) is 0 Å². The second-order valence-corrected chi connectivity index (χ2v) is 3.57. The molecule has 0 amide bonds. The lowest BCUT2D eigenvalue weighted by Crippen LogP contribution is -2.28. The van der Waals surface area contributed by atoms with Crippen LogP contribution in [-0.4, -0.2) is 39.0 Å². The maximum absolute atomic E-state index is 11.7. The smallest absolute Gasteiger partial charge is 0.441 e. The summed E-state index contributed by atoms with van der Waals surface area (Å²) in [5, 5.41) is 9.77. The van der Waals surface area contributed by atoms with Crippen molar-refractivity contribution in [3.05, 3.63) is 35.6 Å². The van der Waals surface area contributed by atoms with Gasteiger partial charge in [-0.25, -0.2) is 4.79 Å². The van der Waals surface area contributed by atoms with E-state index in [4.69, 9.17) is 5.53 Å². The Morgan fingerprint density at radius 1 is 1.53 bits per heavy atom. The van der Waals surface area contributed by atoms with Crippen molar-refractivity contribution < 1.29 is 24.2 Å². The van der Waals surface area contributed by atoms with E-state index < -0.39 is 30.0 Å². The number of rotatable bonds is 6. The molecule has 1 aromatic heterocycles. The number of carbonyl (C=O) groups excluding carboxylic acids is 2. The number of aliphatic hydroxyl groups is 1. The molecular weight excluding hydrogens is 250 g/mol. The number of esters is 1. The average molecular weight is 263 g/mol. The van der Waals surface area contributed by atoms with E-state index in [2.05, 4.69) is 14.5 Å². The summed E-state index contributed by atoms with van der Waals surface area (Å²) in [7, 11) is 0. The Kier molecular flexibility index (Phi) is 5.53. The third-order valence-corrected chi connectivity index (χ3v) is 2.24. The van der Waals surface area contributed by atoms with Crippen LogP contribution in [0.1, 0.15) is 25.1 Å². The van der Waals surface area contributed by atoms with Gasteiger partial charge in [-0.3, -0.25) is 9.78 Å². The molecule has 1 aromatic rings. The van der Waals surface area contributed by atoms with Crippen LogP contribution in [0, 0.1) is 0 Å². The summed E-state index contributed by atoms with van der Waals surface area (Å²) in [6.07, 6.45) is -0.134. The van der Waals surface area contributed by atoms with Gasteiger partial charge in [0.1, 0.15) is 6.10 Å². The molecule has 0 aromatic carbocycles. The number of aromatic nitrogens is 1. The Hall–Kier alpha value is -2.37. The van der Waals surface area contributed by atoms with Gasteiger partial charge in [-0.05, 0) is 19.1 Å². The lowest BCUT2D eigenvalue weighted by Gasteiger charge is -2.06. The first-order chi connectivity index (χ1) is 9.10. The van der Waals surface area contributed by atoms with Crippen molar-refractivity contribution in [1.82, 2.24) is 4.98 Å². The van der Waals surface area contributed by atoms with Crippen LogP contribution >= 0.6 is 0 Å². The van der Waals surface area contributed by atoms with Crippen LogP contribution < -0.4 is 0 Å². The number of carbonyl (C=O) groups is 2. The van der Waals surface area contributed by atoms with Crippen LogP contribution in [0.15, 0.2) is 24.4 Å². The molecule has 1 rings (SSSR count). The molecule has 0 spiro atoms. The van der Waals surface area contributed by atoms with E-state index in [1.54, 1.807) is 19.1 Å². The van der Waals surface area contributed by atoms with E-state index in [0.29, 0.717) is 0 Å². The van der Waals surface area contributed by atoms with Crippen molar-refractivity contribution in [2.45, 2.75) is 19.4 Å². The first-order valence-electron chi connectivity index (χ1n) is 5.61. The summed E-state index contributed by atoms with van der Waals surface area (Å²) in [5.41, 5.74) is 8.20. The molecule has 7 nitrogen and oxygen atoms in total. The van der Waals surface area contributed by atoms with Gasteiger partial charge in [0.2, 0.25) is 0 Å². The van der Waals surface area contributed by atoms with Crippen LogP contribution in [-0.2, 0) is 14.3 Å². The highest BCUT2D eigenvalue weighted by atomic mass is 16.5. The summed E-state index contributed by atoms with van der Waals surface area (Å²) >= 11 is 0. The third-order valence-electron chi connectivity index (χ3n) is 2.24. The molecule has 1 atom stereocenters. The maximum atomic E-state index is 11.7. The van der Waals surface area contributed by atoms with Gasteiger partial charge in [-0.1, -0.05) is 6.07 Å². The van der Waals surface area contributed by atoms with Crippen molar-refractivity contribution in [2.75, 3.05) is 6.61 Å². The Labute approximate surface area is 109 Å². The minimum Gasteiger partial charge on any atom is -0.457 e. The van der Waals surface area contributed by atoms with E-state index >= 15 is 0 Å². The number of ketones is 1. The number of Topliss-reactive ketones (excluding diaryl/α,β-unsaturated/α-hetero) is 1. The lowest BCUT2D eigenvalue weighted by atomic mass is 10.1. The zero-order valence-electron chi connectivity index (χ0n) is 10.3. The van der Waals surface area contributed by atoms with E-state index in [9.17, 15) is 14.7 Å². The largest absolute Gasteiger partial charge is 0.457 e. The summed E-state index contributed by atoms with van der Waals surface area (Å²) in [5.74, 6) is -1.85. The Morgan fingerprint density at radius 2 is 2.26 bits per heavy atom.